The quantitative estimate of drug-likeness (QED) is 0.584. The second kappa shape index (κ2) is 2.94. The van der Waals surface area contributed by atoms with Crippen LogP contribution in [0, 0.1) is 0 Å². The molecule has 0 atom stereocenters. The van der Waals surface area contributed by atoms with E-state index in [1.54, 1.807) is 0 Å². The molecule has 0 aliphatic carbocycles. The molecule has 0 aromatic rings. The minimum Gasteiger partial charge on any atom is -0.465 e. The molecule has 1 saturated heterocycles. The Morgan fingerprint density at radius 3 is 2.42 bits per heavy atom. The zero-order chi connectivity index (χ0) is 9.35. The number of amides is 1. The van der Waals surface area contributed by atoms with Crippen molar-refractivity contribution in [2.45, 2.75) is 19.4 Å². The lowest BCUT2D eigenvalue weighted by atomic mass is 10.00. The van der Waals surface area contributed by atoms with Crippen LogP contribution in [0.25, 0.3) is 0 Å². The highest BCUT2D eigenvalue weighted by Crippen LogP contribution is 2.19. The molecule has 4 nitrogen and oxygen atoms in total. The van der Waals surface area contributed by atoms with E-state index < -0.39 is 6.09 Å². The first-order valence-electron chi connectivity index (χ1n) is 4.12. The maximum absolute atomic E-state index is 10.8. The van der Waals surface area contributed by atoms with Crippen molar-refractivity contribution in [2.75, 3.05) is 26.7 Å². The van der Waals surface area contributed by atoms with Gasteiger partial charge in [0, 0.05) is 19.6 Å². The summed E-state index contributed by atoms with van der Waals surface area (Å²) in [5.74, 6) is 0. The van der Waals surface area contributed by atoms with Gasteiger partial charge in [0.05, 0.1) is 5.54 Å². The summed E-state index contributed by atoms with van der Waals surface area (Å²) in [6.07, 6.45) is -0.812. The highest BCUT2D eigenvalue weighted by Gasteiger charge is 2.35. The standard InChI is InChI=1S/C8H16N2O2/c1-8(2)6-9(3)4-5-10(8)7(11)12/h4-6H2,1-3H3,(H,11,12). The van der Waals surface area contributed by atoms with Crippen molar-refractivity contribution in [1.29, 1.82) is 0 Å². The zero-order valence-corrected chi connectivity index (χ0v) is 7.87. The number of rotatable bonds is 0. The van der Waals surface area contributed by atoms with Crippen LogP contribution in [0.15, 0.2) is 0 Å². The van der Waals surface area contributed by atoms with Crippen molar-refractivity contribution >= 4 is 6.09 Å². The first-order chi connectivity index (χ1) is 5.43. The Morgan fingerprint density at radius 1 is 1.42 bits per heavy atom. The van der Waals surface area contributed by atoms with Crippen molar-refractivity contribution in [3.63, 3.8) is 0 Å². The lowest BCUT2D eigenvalue weighted by Gasteiger charge is -2.44. The highest BCUT2D eigenvalue weighted by molar-refractivity contribution is 5.66. The van der Waals surface area contributed by atoms with Gasteiger partial charge in [-0.25, -0.2) is 4.79 Å². The molecule has 1 N–H and O–H groups in total. The maximum atomic E-state index is 10.8. The summed E-state index contributed by atoms with van der Waals surface area (Å²) in [7, 11) is 2.01. The second-order valence-corrected chi connectivity index (χ2v) is 3.98. The number of carbonyl (C=O) groups is 1. The van der Waals surface area contributed by atoms with E-state index in [-0.39, 0.29) is 5.54 Å². The van der Waals surface area contributed by atoms with Gasteiger partial charge >= 0.3 is 6.09 Å². The van der Waals surface area contributed by atoms with E-state index in [9.17, 15) is 4.79 Å². The van der Waals surface area contributed by atoms with Gasteiger partial charge in [0.2, 0.25) is 0 Å². The molecule has 0 bridgehead atoms. The van der Waals surface area contributed by atoms with Crippen molar-refractivity contribution in [2.24, 2.45) is 0 Å². The average molecular weight is 172 g/mol. The molecule has 0 spiro atoms. The number of nitrogens with zero attached hydrogens (tertiary/aromatic N) is 2. The van der Waals surface area contributed by atoms with E-state index in [0.717, 1.165) is 13.1 Å². The SMILES string of the molecule is CN1CCN(C(=O)O)C(C)(C)C1. The molecule has 0 aromatic carbocycles. The molecule has 0 saturated carbocycles. The highest BCUT2D eigenvalue weighted by atomic mass is 16.4. The smallest absolute Gasteiger partial charge is 0.407 e. The average Bonchev–Trinajstić information content (AvgIpc) is 1.82. The third-order valence-corrected chi connectivity index (χ3v) is 2.32. The van der Waals surface area contributed by atoms with Crippen LogP contribution in [0.1, 0.15) is 13.8 Å². The predicted molar refractivity (Wildman–Crippen MR) is 46.3 cm³/mol. The Kier molecular flexibility index (Phi) is 2.28. The minimum absolute atomic E-state index is 0.251. The van der Waals surface area contributed by atoms with Crippen molar-refractivity contribution in [1.82, 2.24) is 9.80 Å². The summed E-state index contributed by atoms with van der Waals surface area (Å²) in [5, 5.41) is 8.87. The van der Waals surface area contributed by atoms with E-state index in [2.05, 4.69) is 4.90 Å². The van der Waals surface area contributed by atoms with Crippen LogP contribution in [-0.2, 0) is 0 Å². The first-order valence-corrected chi connectivity index (χ1v) is 4.12. The largest absolute Gasteiger partial charge is 0.465 e. The van der Waals surface area contributed by atoms with Crippen molar-refractivity contribution in [3.8, 4) is 0 Å². The third-order valence-electron chi connectivity index (χ3n) is 2.32. The Labute approximate surface area is 72.8 Å². The molecule has 0 unspecified atom stereocenters. The van der Waals surface area contributed by atoms with Crippen molar-refractivity contribution in [3.05, 3.63) is 0 Å². The molecule has 1 amide bonds. The molecular formula is C8H16N2O2. The van der Waals surface area contributed by atoms with Crippen LogP contribution in [0.2, 0.25) is 0 Å². The van der Waals surface area contributed by atoms with Crippen LogP contribution in [0.5, 0.6) is 0 Å². The second-order valence-electron chi connectivity index (χ2n) is 3.98. The van der Waals surface area contributed by atoms with Crippen LogP contribution in [0.3, 0.4) is 0 Å². The number of carboxylic acid groups (broad SMARTS) is 1. The third kappa shape index (κ3) is 1.69. The normalized spacial score (nSPS) is 24.1. The molecule has 1 aliphatic rings. The van der Waals surface area contributed by atoms with E-state index in [1.165, 1.54) is 4.90 Å². The Balaban J connectivity index is 2.70. The monoisotopic (exact) mass is 172 g/mol. The molecule has 1 fully saturated rings. The summed E-state index contributed by atoms with van der Waals surface area (Å²) in [4.78, 5) is 14.4. The maximum Gasteiger partial charge on any atom is 0.407 e. The first kappa shape index (κ1) is 9.32. The Hall–Kier alpha value is -0.770. The number of hydrogen-bond donors (Lipinski definition) is 1. The molecule has 1 aliphatic heterocycles. The van der Waals surface area contributed by atoms with Gasteiger partial charge in [-0.2, -0.15) is 0 Å². The summed E-state index contributed by atoms with van der Waals surface area (Å²) < 4.78 is 0. The number of likely N-dealkylation sites (N-methyl/N-ethyl adjacent to an activating group) is 1. The fourth-order valence-electron chi connectivity index (χ4n) is 1.75. The lowest BCUT2D eigenvalue weighted by Crippen LogP contribution is -2.59. The molecule has 1 rings (SSSR count). The van der Waals surface area contributed by atoms with Gasteiger partial charge in [0.15, 0.2) is 0 Å². The van der Waals surface area contributed by atoms with Gasteiger partial charge in [0.1, 0.15) is 0 Å². The number of piperazine rings is 1. The topological polar surface area (TPSA) is 43.8 Å². The molecule has 70 valence electrons. The molecule has 0 aromatic heterocycles. The summed E-state index contributed by atoms with van der Waals surface area (Å²) in [6.45, 7) is 6.15. The molecule has 1 heterocycles. The fourth-order valence-corrected chi connectivity index (χ4v) is 1.75. The van der Waals surface area contributed by atoms with Gasteiger partial charge in [-0.05, 0) is 20.9 Å². The van der Waals surface area contributed by atoms with E-state index in [0.29, 0.717) is 6.54 Å². The molecular weight excluding hydrogens is 156 g/mol. The molecule has 0 radical (unpaired) electrons. The van der Waals surface area contributed by atoms with Crippen LogP contribution in [-0.4, -0.2) is 53.2 Å². The van der Waals surface area contributed by atoms with Gasteiger partial charge in [-0.15, -0.1) is 0 Å². The lowest BCUT2D eigenvalue weighted by molar-refractivity contribution is 0.0358. The van der Waals surface area contributed by atoms with Crippen LogP contribution >= 0.6 is 0 Å². The predicted octanol–water partition coefficient (Wildman–Crippen LogP) is 0.690. The Bertz CT molecular complexity index is 191. The number of hydrogen-bond acceptors (Lipinski definition) is 2. The van der Waals surface area contributed by atoms with Gasteiger partial charge in [0.25, 0.3) is 0 Å². The van der Waals surface area contributed by atoms with Gasteiger partial charge < -0.3 is 14.9 Å². The fraction of sp³-hybridized carbons (Fsp3) is 0.875. The summed E-state index contributed by atoms with van der Waals surface area (Å²) >= 11 is 0. The van der Waals surface area contributed by atoms with E-state index >= 15 is 0 Å². The van der Waals surface area contributed by atoms with E-state index in [4.69, 9.17) is 5.11 Å². The van der Waals surface area contributed by atoms with Crippen molar-refractivity contribution < 1.29 is 9.90 Å². The Morgan fingerprint density at radius 2 is 2.00 bits per heavy atom. The zero-order valence-electron chi connectivity index (χ0n) is 7.87. The van der Waals surface area contributed by atoms with E-state index in [1.807, 2.05) is 20.9 Å². The summed E-state index contributed by atoms with van der Waals surface area (Å²) in [5.41, 5.74) is -0.251. The molecule has 12 heavy (non-hydrogen) atoms. The van der Waals surface area contributed by atoms with Crippen LogP contribution in [0.4, 0.5) is 4.79 Å². The molecule has 4 heteroatoms. The summed E-state index contributed by atoms with van der Waals surface area (Å²) in [6, 6.07) is 0. The van der Waals surface area contributed by atoms with Gasteiger partial charge in [-0.3, -0.25) is 0 Å². The minimum atomic E-state index is -0.812. The van der Waals surface area contributed by atoms with Crippen LogP contribution < -0.4 is 0 Å². The van der Waals surface area contributed by atoms with Gasteiger partial charge in [-0.1, -0.05) is 0 Å².